The van der Waals surface area contributed by atoms with E-state index in [4.69, 9.17) is 11.6 Å². The van der Waals surface area contributed by atoms with E-state index in [0.717, 1.165) is 5.56 Å². The number of hydrogen-bond acceptors (Lipinski definition) is 2. The van der Waals surface area contributed by atoms with Gasteiger partial charge in [0, 0.05) is 11.6 Å². The number of carbonyl (C=O) groups excluding carboxylic acids is 1. The first-order valence-electron chi connectivity index (χ1n) is 7.17. The van der Waals surface area contributed by atoms with Gasteiger partial charge in [-0.3, -0.25) is 4.79 Å². The zero-order valence-corrected chi connectivity index (χ0v) is 13.2. The molecular formula is C16H24ClNO2. The van der Waals surface area contributed by atoms with E-state index in [1.54, 1.807) is 12.1 Å². The lowest BCUT2D eigenvalue weighted by molar-refractivity contribution is -0.123. The Morgan fingerprint density at radius 1 is 1.30 bits per heavy atom. The van der Waals surface area contributed by atoms with Crippen molar-refractivity contribution in [2.24, 2.45) is 5.92 Å². The Bertz CT molecular complexity index is 417. The van der Waals surface area contributed by atoms with Crippen LogP contribution < -0.4 is 5.32 Å². The molecule has 0 aliphatic rings. The molecule has 0 spiro atoms. The van der Waals surface area contributed by atoms with Gasteiger partial charge in [0.2, 0.25) is 5.91 Å². The number of carbonyl (C=O) groups is 1. The van der Waals surface area contributed by atoms with Crippen LogP contribution in [0.15, 0.2) is 24.3 Å². The van der Waals surface area contributed by atoms with E-state index in [1.807, 2.05) is 32.9 Å². The van der Waals surface area contributed by atoms with Crippen LogP contribution in [0.3, 0.4) is 0 Å². The van der Waals surface area contributed by atoms with Crippen molar-refractivity contribution in [3.63, 3.8) is 0 Å². The molecule has 20 heavy (non-hydrogen) atoms. The average Bonchev–Trinajstić information content (AvgIpc) is 2.40. The maximum Gasteiger partial charge on any atom is 0.227 e. The third-order valence-electron chi connectivity index (χ3n) is 3.43. The van der Waals surface area contributed by atoms with Gasteiger partial charge in [-0.2, -0.15) is 0 Å². The molecule has 0 radical (unpaired) electrons. The van der Waals surface area contributed by atoms with Gasteiger partial charge in [0.25, 0.3) is 0 Å². The van der Waals surface area contributed by atoms with Crippen LogP contribution in [-0.2, 0) is 4.79 Å². The Morgan fingerprint density at radius 3 is 2.40 bits per heavy atom. The van der Waals surface area contributed by atoms with E-state index >= 15 is 0 Å². The lowest BCUT2D eigenvalue weighted by Crippen LogP contribution is -2.33. The van der Waals surface area contributed by atoms with E-state index in [0.29, 0.717) is 24.4 Å². The van der Waals surface area contributed by atoms with Gasteiger partial charge in [0.05, 0.1) is 12.0 Å². The van der Waals surface area contributed by atoms with Gasteiger partial charge in [0.15, 0.2) is 0 Å². The molecule has 1 aromatic rings. The summed E-state index contributed by atoms with van der Waals surface area (Å²) >= 11 is 5.88. The summed E-state index contributed by atoms with van der Waals surface area (Å²) in [4.78, 5) is 12.3. The van der Waals surface area contributed by atoms with Gasteiger partial charge < -0.3 is 10.4 Å². The molecule has 0 aromatic heterocycles. The summed E-state index contributed by atoms with van der Waals surface area (Å²) in [5, 5.41) is 13.1. The number of hydrogen-bond donors (Lipinski definition) is 2. The van der Waals surface area contributed by atoms with Crippen LogP contribution in [0.25, 0.3) is 0 Å². The molecule has 1 rings (SSSR count). The van der Waals surface area contributed by atoms with E-state index in [9.17, 15) is 9.90 Å². The highest BCUT2D eigenvalue weighted by molar-refractivity contribution is 6.30. The molecule has 0 heterocycles. The molecule has 0 fully saturated rings. The Labute approximate surface area is 126 Å². The number of nitrogens with one attached hydrogen (secondary N) is 1. The molecule has 0 saturated carbocycles. The number of amides is 1. The first-order chi connectivity index (χ1) is 9.45. The van der Waals surface area contributed by atoms with Crippen molar-refractivity contribution in [3.05, 3.63) is 34.9 Å². The van der Waals surface area contributed by atoms with Crippen molar-refractivity contribution in [2.75, 3.05) is 6.54 Å². The molecule has 0 saturated heterocycles. The Hall–Kier alpha value is -1.06. The molecule has 2 N–H and O–H groups in total. The van der Waals surface area contributed by atoms with Crippen LogP contribution in [0.4, 0.5) is 0 Å². The highest BCUT2D eigenvalue weighted by Gasteiger charge is 2.23. The van der Waals surface area contributed by atoms with Crippen LogP contribution in [0, 0.1) is 5.92 Å². The summed E-state index contributed by atoms with van der Waals surface area (Å²) < 4.78 is 0. The fourth-order valence-corrected chi connectivity index (χ4v) is 2.31. The molecule has 1 amide bonds. The summed E-state index contributed by atoms with van der Waals surface area (Å²) in [7, 11) is 0. The molecule has 2 unspecified atom stereocenters. The van der Waals surface area contributed by atoms with Gasteiger partial charge in [-0.25, -0.2) is 0 Å². The number of benzene rings is 1. The standard InChI is InChI=1S/C16H24ClNO2/c1-4-14(19)9-10-18-16(20)15(11(2)3)12-5-7-13(17)8-6-12/h5-8,11,14-15,19H,4,9-10H2,1-3H3,(H,18,20). The smallest absolute Gasteiger partial charge is 0.227 e. The van der Waals surface area contributed by atoms with Crippen molar-refractivity contribution < 1.29 is 9.90 Å². The summed E-state index contributed by atoms with van der Waals surface area (Å²) in [6, 6.07) is 7.40. The van der Waals surface area contributed by atoms with Gasteiger partial charge in [0.1, 0.15) is 0 Å². The Balaban J connectivity index is 2.66. The predicted octanol–water partition coefficient (Wildman–Crippen LogP) is 3.36. The molecular weight excluding hydrogens is 274 g/mol. The van der Waals surface area contributed by atoms with Crippen molar-refractivity contribution in [1.29, 1.82) is 0 Å². The van der Waals surface area contributed by atoms with Crippen molar-refractivity contribution in [2.45, 2.75) is 45.6 Å². The van der Waals surface area contributed by atoms with E-state index in [-0.39, 0.29) is 23.8 Å². The summed E-state index contributed by atoms with van der Waals surface area (Å²) in [5.74, 6) is 0.0175. The van der Waals surface area contributed by atoms with Crippen LogP contribution in [0.5, 0.6) is 0 Å². The van der Waals surface area contributed by atoms with Crippen LogP contribution in [0.2, 0.25) is 5.02 Å². The highest BCUT2D eigenvalue weighted by Crippen LogP contribution is 2.25. The molecule has 0 aliphatic carbocycles. The highest BCUT2D eigenvalue weighted by atomic mass is 35.5. The van der Waals surface area contributed by atoms with Crippen LogP contribution >= 0.6 is 11.6 Å². The third-order valence-corrected chi connectivity index (χ3v) is 3.68. The second kappa shape index (κ2) is 8.28. The fraction of sp³-hybridized carbons (Fsp3) is 0.562. The number of aliphatic hydroxyl groups excluding tert-OH is 1. The summed E-state index contributed by atoms with van der Waals surface area (Å²) in [6.07, 6.45) is 0.956. The first kappa shape index (κ1) is 17.0. The molecule has 0 bridgehead atoms. The first-order valence-corrected chi connectivity index (χ1v) is 7.54. The molecule has 112 valence electrons. The van der Waals surface area contributed by atoms with E-state index in [1.165, 1.54) is 0 Å². The number of rotatable bonds is 7. The molecule has 3 nitrogen and oxygen atoms in total. The van der Waals surface area contributed by atoms with Gasteiger partial charge in [-0.05, 0) is 36.5 Å². The fourth-order valence-electron chi connectivity index (χ4n) is 2.19. The van der Waals surface area contributed by atoms with Crippen LogP contribution in [0.1, 0.15) is 45.1 Å². The average molecular weight is 298 g/mol. The largest absolute Gasteiger partial charge is 0.393 e. The summed E-state index contributed by atoms with van der Waals surface area (Å²) in [6.45, 7) is 6.49. The lowest BCUT2D eigenvalue weighted by atomic mass is 9.87. The molecule has 1 aromatic carbocycles. The SMILES string of the molecule is CCC(O)CCNC(=O)C(c1ccc(Cl)cc1)C(C)C. The van der Waals surface area contributed by atoms with Gasteiger partial charge >= 0.3 is 0 Å². The Morgan fingerprint density at radius 2 is 1.90 bits per heavy atom. The zero-order valence-electron chi connectivity index (χ0n) is 12.4. The molecule has 0 aliphatic heterocycles. The maximum absolute atomic E-state index is 12.3. The minimum Gasteiger partial charge on any atom is -0.393 e. The van der Waals surface area contributed by atoms with Crippen molar-refractivity contribution >= 4 is 17.5 Å². The summed E-state index contributed by atoms with van der Waals surface area (Å²) in [5.41, 5.74) is 0.970. The van der Waals surface area contributed by atoms with Crippen LogP contribution in [-0.4, -0.2) is 23.7 Å². The van der Waals surface area contributed by atoms with Gasteiger partial charge in [-0.15, -0.1) is 0 Å². The number of aliphatic hydroxyl groups is 1. The minimum atomic E-state index is -0.344. The maximum atomic E-state index is 12.3. The van der Waals surface area contributed by atoms with Gasteiger partial charge in [-0.1, -0.05) is 44.5 Å². The number of halogens is 1. The quantitative estimate of drug-likeness (QED) is 0.811. The monoisotopic (exact) mass is 297 g/mol. The second-order valence-electron chi connectivity index (χ2n) is 5.42. The third kappa shape index (κ3) is 5.14. The second-order valence-corrected chi connectivity index (χ2v) is 5.85. The van der Waals surface area contributed by atoms with E-state index < -0.39 is 0 Å². The van der Waals surface area contributed by atoms with Crippen molar-refractivity contribution in [1.82, 2.24) is 5.32 Å². The molecule has 2 atom stereocenters. The minimum absolute atomic E-state index is 0.00521. The molecule has 4 heteroatoms. The predicted molar refractivity (Wildman–Crippen MR) is 83.0 cm³/mol. The van der Waals surface area contributed by atoms with E-state index in [2.05, 4.69) is 5.32 Å². The zero-order chi connectivity index (χ0) is 15.1. The topological polar surface area (TPSA) is 49.3 Å². The Kier molecular flexibility index (Phi) is 7.03. The van der Waals surface area contributed by atoms with Crippen molar-refractivity contribution in [3.8, 4) is 0 Å². The normalized spacial score (nSPS) is 14.1. The lowest BCUT2D eigenvalue weighted by Gasteiger charge is -2.21.